The predicted molar refractivity (Wildman–Crippen MR) is 134 cm³/mol. The quantitative estimate of drug-likeness (QED) is 0.280. The van der Waals surface area contributed by atoms with E-state index in [0.29, 0.717) is 27.8 Å². The van der Waals surface area contributed by atoms with E-state index in [0.717, 1.165) is 28.7 Å². The number of carbonyl (C=O) groups is 1. The van der Waals surface area contributed by atoms with E-state index in [2.05, 4.69) is 31.1 Å². The second kappa shape index (κ2) is 9.83. The van der Waals surface area contributed by atoms with Crippen LogP contribution in [0.25, 0.3) is 20.4 Å². The van der Waals surface area contributed by atoms with E-state index in [9.17, 15) is 9.59 Å². The number of carbonyl (C=O) groups excluding carboxylic acids is 1. The van der Waals surface area contributed by atoms with Gasteiger partial charge in [-0.25, -0.2) is 9.97 Å². The topological polar surface area (TPSA) is 76.9 Å². The molecule has 6 nitrogen and oxygen atoms in total. The van der Waals surface area contributed by atoms with Crippen molar-refractivity contribution in [3.63, 3.8) is 0 Å². The summed E-state index contributed by atoms with van der Waals surface area (Å²) in [7, 11) is 0. The molecule has 1 amide bonds. The van der Waals surface area contributed by atoms with Crippen LogP contribution in [0.2, 0.25) is 0 Å². The Hall–Kier alpha value is -2.71. The summed E-state index contributed by atoms with van der Waals surface area (Å²) in [5.74, 6) is 0.505. The fourth-order valence-corrected chi connectivity index (χ4v) is 5.24. The van der Waals surface area contributed by atoms with Crippen molar-refractivity contribution in [3.05, 3.63) is 58.5 Å². The van der Waals surface area contributed by atoms with Gasteiger partial charge in [0, 0.05) is 23.8 Å². The fourth-order valence-electron chi connectivity index (χ4n) is 3.39. The van der Waals surface area contributed by atoms with Gasteiger partial charge in [-0.15, -0.1) is 11.3 Å². The summed E-state index contributed by atoms with van der Waals surface area (Å²) in [4.78, 5) is 35.9. The zero-order valence-corrected chi connectivity index (χ0v) is 20.1. The highest BCUT2D eigenvalue weighted by molar-refractivity contribution is 7.99. The van der Waals surface area contributed by atoms with E-state index in [1.807, 2.05) is 36.4 Å². The van der Waals surface area contributed by atoms with Crippen LogP contribution in [0.3, 0.4) is 0 Å². The maximum absolute atomic E-state index is 13.3. The van der Waals surface area contributed by atoms with Gasteiger partial charge >= 0.3 is 0 Å². The van der Waals surface area contributed by atoms with Crippen molar-refractivity contribution in [2.45, 2.75) is 45.3 Å². The van der Waals surface area contributed by atoms with Crippen LogP contribution >= 0.6 is 23.1 Å². The number of pyridine rings is 1. The van der Waals surface area contributed by atoms with Crippen LogP contribution in [0.5, 0.6) is 0 Å². The molecule has 0 aliphatic carbocycles. The van der Waals surface area contributed by atoms with E-state index in [1.54, 1.807) is 10.8 Å². The Labute approximate surface area is 195 Å². The number of aromatic nitrogens is 3. The van der Waals surface area contributed by atoms with E-state index in [-0.39, 0.29) is 17.2 Å². The minimum atomic E-state index is -0.124. The summed E-state index contributed by atoms with van der Waals surface area (Å²) in [6.07, 6.45) is 3.54. The van der Waals surface area contributed by atoms with Gasteiger partial charge in [-0.05, 0) is 48.6 Å². The van der Waals surface area contributed by atoms with Gasteiger partial charge < -0.3 is 5.32 Å². The molecule has 0 atom stereocenters. The number of rotatable bonds is 8. The van der Waals surface area contributed by atoms with Crippen molar-refractivity contribution in [2.24, 2.45) is 5.92 Å². The first-order chi connectivity index (χ1) is 15.5. The summed E-state index contributed by atoms with van der Waals surface area (Å²) in [5, 5.41) is 4.38. The molecule has 4 aromatic rings. The molecule has 1 N–H and O–H groups in total. The van der Waals surface area contributed by atoms with Crippen molar-refractivity contribution in [3.8, 4) is 0 Å². The number of nitrogens with zero attached hydrogens (tertiary/aromatic N) is 3. The molecule has 0 aliphatic rings. The molecule has 0 saturated heterocycles. The molecular weight excluding hydrogens is 440 g/mol. The number of hydrogen-bond donors (Lipinski definition) is 1. The molecule has 0 radical (unpaired) electrons. The van der Waals surface area contributed by atoms with Gasteiger partial charge in [-0.1, -0.05) is 44.7 Å². The molecule has 0 spiro atoms. The number of anilines is 1. The third kappa shape index (κ3) is 4.86. The third-order valence-corrected chi connectivity index (χ3v) is 7.29. The van der Waals surface area contributed by atoms with Crippen molar-refractivity contribution < 1.29 is 4.79 Å². The highest BCUT2D eigenvalue weighted by Gasteiger charge is 2.18. The summed E-state index contributed by atoms with van der Waals surface area (Å²) in [6, 6.07) is 11.6. The van der Waals surface area contributed by atoms with Crippen molar-refractivity contribution in [1.29, 1.82) is 0 Å². The van der Waals surface area contributed by atoms with Crippen LogP contribution in [-0.2, 0) is 17.8 Å². The monoisotopic (exact) mass is 466 g/mol. The molecule has 3 heterocycles. The molecule has 3 aromatic heterocycles. The lowest BCUT2D eigenvalue weighted by molar-refractivity contribution is -0.113. The van der Waals surface area contributed by atoms with Crippen molar-refractivity contribution >= 4 is 55.1 Å². The lowest BCUT2D eigenvalue weighted by Gasteiger charge is -2.13. The number of hydrogen-bond acceptors (Lipinski definition) is 6. The molecule has 0 unspecified atom stereocenters. The predicted octanol–water partition coefficient (Wildman–Crippen LogP) is 5.35. The van der Waals surface area contributed by atoms with E-state index in [1.165, 1.54) is 28.7 Å². The van der Waals surface area contributed by atoms with Crippen molar-refractivity contribution in [2.75, 3.05) is 11.1 Å². The van der Waals surface area contributed by atoms with Crippen LogP contribution < -0.4 is 10.9 Å². The Morgan fingerprint density at radius 3 is 2.72 bits per heavy atom. The first-order valence-electron chi connectivity index (χ1n) is 10.8. The number of thioether (sulfide) groups is 1. The van der Waals surface area contributed by atoms with Gasteiger partial charge in [0.15, 0.2) is 5.16 Å². The number of thiophene rings is 1. The van der Waals surface area contributed by atoms with Crippen LogP contribution in [0, 0.1) is 5.92 Å². The zero-order valence-electron chi connectivity index (χ0n) is 18.4. The molecule has 32 heavy (non-hydrogen) atoms. The molecule has 4 rings (SSSR count). The highest BCUT2D eigenvalue weighted by atomic mass is 32.2. The number of fused-ring (bicyclic) bond motifs is 3. The third-order valence-electron chi connectivity index (χ3n) is 5.23. The van der Waals surface area contributed by atoms with Crippen LogP contribution in [0.1, 0.15) is 32.8 Å². The summed E-state index contributed by atoms with van der Waals surface area (Å²) in [5.41, 5.74) is 2.60. The Morgan fingerprint density at radius 2 is 2.00 bits per heavy atom. The minimum Gasteiger partial charge on any atom is -0.325 e. The zero-order chi connectivity index (χ0) is 22.7. The molecular formula is C24H26N4O2S2. The molecule has 0 bridgehead atoms. The molecule has 0 saturated carbocycles. The largest absolute Gasteiger partial charge is 0.325 e. The van der Waals surface area contributed by atoms with Gasteiger partial charge in [0.05, 0.1) is 11.3 Å². The second-order valence-electron chi connectivity index (χ2n) is 8.06. The molecule has 166 valence electrons. The number of benzene rings is 1. The van der Waals surface area contributed by atoms with Gasteiger partial charge in [0.2, 0.25) is 5.91 Å². The lowest BCUT2D eigenvalue weighted by atomic mass is 10.1. The summed E-state index contributed by atoms with van der Waals surface area (Å²) >= 11 is 2.68. The van der Waals surface area contributed by atoms with Crippen LogP contribution in [0.4, 0.5) is 5.69 Å². The number of nitrogens with one attached hydrogen (secondary N) is 1. The maximum Gasteiger partial charge on any atom is 0.272 e. The average Bonchev–Trinajstić information content (AvgIpc) is 3.16. The first kappa shape index (κ1) is 22.5. The molecule has 0 fully saturated rings. The van der Waals surface area contributed by atoms with Crippen LogP contribution in [0.15, 0.2) is 52.5 Å². The maximum atomic E-state index is 13.3. The second-order valence-corrected chi connectivity index (χ2v) is 10.00. The first-order valence-corrected chi connectivity index (χ1v) is 12.6. The Kier molecular flexibility index (Phi) is 6.91. The average molecular weight is 467 g/mol. The number of aryl methyl sites for hydroxylation is 1. The van der Waals surface area contributed by atoms with Crippen LogP contribution in [-0.4, -0.2) is 26.2 Å². The van der Waals surface area contributed by atoms with Gasteiger partial charge in [0.25, 0.3) is 5.56 Å². The summed E-state index contributed by atoms with van der Waals surface area (Å²) < 4.78 is 2.33. The van der Waals surface area contributed by atoms with Gasteiger partial charge in [-0.3, -0.25) is 14.2 Å². The van der Waals surface area contributed by atoms with Gasteiger partial charge in [0.1, 0.15) is 9.53 Å². The Balaban J connectivity index is 1.61. The SMILES string of the molecule is CCc1ccc(NC(=O)CSc2nc3c(sc4ncccc43)c(=O)n2CCC(C)C)cc1. The highest BCUT2D eigenvalue weighted by Crippen LogP contribution is 2.30. The Morgan fingerprint density at radius 1 is 1.22 bits per heavy atom. The molecule has 1 aromatic carbocycles. The van der Waals surface area contributed by atoms with Gasteiger partial charge in [-0.2, -0.15) is 0 Å². The molecule has 8 heteroatoms. The normalized spacial score (nSPS) is 11.5. The number of amides is 1. The lowest BCUT2D eigenvalue weighted by Crippen LogP contribution is -2.24. The van der Waals surface area contributed by atoms with E-state index < -0.39 is 0 Å². The van der Waals surface area contributed by atoms with E-state index >= 15 is 0 Å². The van der Waals surface area contributed by atoms with Crippen molar-refractivity contribution in [1.82, 2.24) is 14.5 Å². The standard InChI is InChI=1S/C24H26N4O2S2/c1-4-16-7-9-17(10-8-16)26-19(29)14-31-24-27-20-18-6-5-12-25-22(18)32-21(20)23(30)28(24)13-11-15(2)3/h5-10,12,15H,4,11,13-14H2,1-3H3,(H,26,29). The van der Waals surface area contributed by atoms with E-state index in [4.69, 9.17) is 4.98 Å². The Bertz CT molecular complexity index is 1310. The minimum absolute atomic E-state index is 0.0586. The molecule has 0 aliphatic heterocycles. The smallest absolute Gasteiger partial charge is 0.272 e. The summed E-state index contributed by atoms with van der Waals surface area (Å²) in [6.45, 7) is 6.93. The fraction of sp³-hybridized carbons (Fsp3) is 0.333.